The minimum Gasteiger partial charge on any atom is -0.354 e. The number of hydrogen-bond donors (Lipinski definition) is 1. The molecule has 0 bridgehead atoms. The SMILES string of the molecule is CNCc1c(N2CCSC(C)(C)CC2)nc2ccccn12. The fourth-order valence-electron chi connectivity index (χ4n) is 2.85. The molecule has 0 atom stereocenters. The zero-order chi connectivity index (χ0) is 14.9. The number of pyridine rings is 1. The molecule has 0 unspecified atom stereocenters. The van der Waals surface area contributed by atoms with Crippen molar-refractivity contribution in [1.29, 1.82) is 0 Å². The minimum atomic E-state index is 0.372. The Morgan fingerprint density at radius 2 is 2.19 bits per heavy atom. The van der Waals surface area contributed by atoms with Crippen molar-refractivity contribution in [2.24, 2.45) is 0 Å². The van der Waals surface area contributed by atoms with E-state index in [0.29, 0.717) is 4.75 Å². The lowest BCUT2D eigenvalue weighted by molar-refractivity contribution is 0.633. The molecule has 0 aliphatic carbocycles. The highest BCUT2D eigenvalue weighted by molar-refractivity contribution is 8.00. The Bertz CT molecular complexity index is 620. The molecule has 1 fully saturated rings. The van der Waals surface area contributed by atoms with Gasteiger partial charge in [-0.2, -0.15) is 11.8 Å². The molecule has 5 heteroatoms. The molecule has 1 N–H and O–H groups in total. The van der Waals surface area contributed by atoms with Crippen LogP contribution in [-0.2, 0) is 6.54 Å². The highest BCUT2D eigenvalue weighted by Gasteiger charge is 2.26. The van der Waals surface area contributed by atoms with Gasteiger partial charge in [0.1, 0.15) is 5.65 Å². The second-order valence-electron chi connectivity index (χ2n) is 6.19. The lowest BCUT2D eigenvalue weighted by atomic mass is 10.1. The van der Waals surface area contributed by atoms with E-state index >= 15 is 0 Å². The van der Waals surface area contributed by atoms with Crippen molar-refractivity contribution in [1.82, 2.24) is 14.7 Å². The number of hydrogen-bond acceptors (Lipinski definition) is 4. The summed E-state index contributed by atoms with van der Waals surface area (Å²) in [5, 5.41) is 3.28. The Balaban J connectivity index is 1.97. The van der Waals surface area contributed by atoms with Crippen LogP contribution in [0.5, 0.6) is 0 Å². The third-order valence-electron chi connectivity index (χ3n) is 4.09. The molecule has 0 radical (unpaired) electrons. The molecule has 2 aromatic heterocycles. The Morgan fingerprint density at radius 1 is 1.33 bits per heavy atom. The summed E-state index contributed by atoms with van der Waals surface area (Å²) in [6, 6.07) is 6.20. The van der Waals surface area contributed by atoms with E-state index < -0.39 is 0 Å². The third-order valence-corrected chi connectivity index (χ3v) is 5.46. The van der Waals surface area contributed by atoms with E-state index in [9.17, 15) is 0 Å². The number of nitrogens with zero attached hydrogens (tertiary/aromatic N) is 3. The summed E-state index contributed by atoms with van der Waals surface area (Å²) in [5.74, 6) is 2.31. The van der Waals surface area contributed by atoms with Crippen molar-refractivity contribution in [3.05, 3.63) is 30.1 Å². The van der Waals surface area contributed by atoms with Crippen molar-refractivity contribution in [3.63, 3.8) is 0 Å². The van der Waals surface area contributed by atoms with Gasteiger partial charge in [0.25, 0.3) is 0 Å². The maximum absolute atomic E-state index is 4.88. The van der Waals surface area contributed by atoms with Gasteiger partial charge in [0.15, 0.2) is 5.82 Å². The molecule has 0 aromatic carbocycles. The number of rotatable bonds is 3. The molecule has 114 valence electrons. The smallest absolute Gasteiger partial charge is 0.152 e. The van der Waals surface area contributed by atoms with Crippen LogP contribution >= 0.6 is 11.8 Å². The Morgan fingerprint density at radius 3 is 3.00 bits per heavy atom. The maximum atomic E-state index is 4.88. The quantitative estimate of drug-likeness (QED) is 0.945. The van der Waals surface area contributed by atoms with E-state index in [1.807, 2.05) is 7.05 Å². The largest absolute Gasteiger partial charge is 0.354 e. The summed E-state index contributed by atoms with van der Waals surface area (Å²) < 4.78 is 2.58. The van der Waals surface area contributed by atoms with E-state index in [1.54, 1.807) is 0 Å². The van der Waals surface area contributed by atoms with E-state index in [4.69, 9.17) is 4.98 Å². The predicted octanol–water partition coefficient (Wildman–Crippen LogP) is 2.78. The fourth-order valence-corrected chi connectivity index (χ4v) is 3.95. The van der Waals surface area contributed by atoms with Gasteiger partial charge in [0, 0.05) is 36.3 Å². The first-order valence-electron chi connectivity index (χ1n) is 7.60. The first kappa shape index (κ1) is 14.7. The summed E-state index contributed by atoms with van der Waals surface area (Å²) in [7, 11) is 1.99. The minimum absolute atomic E-state index is 0.372. The first-order chi connectivity index (χ1) is 10.1. The highest BCUT2D eigenvalue weighted by atomic mass is 32.2. The van der Waals surface area contributed by atoms with Gasteiger partial charge in [-0.1, -0.05) is 19.9 Å². The summed E-state index contributed by atoms with van der Waals surface area (Å²) >= 11 is 2.07. The topological polar surface area (TPSA) is 32.6 Å². The van der Waals surface area contributed by atoms with Crippen LogP contribution in [0.2, 0.25) is 0 Å². The van der Waals surface area contributed by atoms with Crippen LogP contribution in [0.4, 0.5) is 5.82 Å². The fraction of sp³-hybridized carbons (Fsp3) is 0.562. The van der Waals surface area contributed by atoms with Gasteiger partial charge in [-0.3, -0.25) is 0 Å². The molecule has 1 saturated heterocycles. The molecule has 0 spiro atoms. The van der Waals surface area contributed by atoms with Crippen LogP contribution < -0.4 is 10.2 Å². The van der Waals surface area contributed by atoms with Gasteiger partial charge in [-0.15, -0.1) is 0 Å². The number of thioether (sulfide) groups is 1. The number of imidazole rings is 1. The summed E-state index contributed by atoms with van der Waals surface area (Å²) in [6.45, 7) is 7.70. The Hall–Kier alpha value is -1.20. The van der Waals surface area contributed by atoms with Gasteiger partial charge in [-0.25, -0.2) is 4.98 Å². The zero-order valence-corrected chi connectivity index (χ0v) is 13.9. The maximum Gasteiger partial charge on any atom is 0.152 e. The summed E-state index contributed by atoms with van der Waals surface area (Å²) in [4.78, 5) is 7.34. The second kappa shape index (κ2) is 5.89. The van der Waals surface area contributed by atoms with Crippen LogP contribution in [0.25, 0.3) is 5.65 Å². The molecule has 4 nitrogen and oxygen atoms in total. The molecule has 0 amide bonds. The molecule has 3 heterocycles. The highest BCUT2D eigenvalue weighted by Crippen LogP contribution is 2.33. The van der Waals surface area contributed by atoms with Gasteiger partial charge in [0.05, 0.1) is 5.69 Å². The number of anilines is 1. The van der Waals surface area contributed by atoms with Crippen molar-refractivity contribution in [3.8, 4) is 0 Å². The molecule has 21 heavy (non-hydrogen) atoms. The number of aromatic nitrogens is 2. The van der Waals surface area contributed by atoms with E-state index in [-0.39, 0.29) is 0 Å². The van der Waals surface area contributed by atoms with Gasteiger partial charge in [0.2, 0.25) is 0 Å². The van der Waals surface area contributed by atoms with Crippen molar-refractivity contribution in [2.75, 3.05) is 30.8 Å². The lowest BCUT2D eigenvalue weighted by Crippen LogP contribution is -2.28. The van der Waals surface area contributed by atoms with Gasteiger partial charge >= 0.3 is 0 Å². The van der Waals surface area contributed by atoms with E-state index in [0.717, 1.165) is 31.1 Å². The van der Waals surface area contributed by atoms with Gasteiger partial charge in [-0.05, 0) is 25.6 Å². The molecule has 3 rings (SSSR count). The Labute approximate surface area is 130 Å². The molecule has 0 saturated carbocycles. The molecule has 1 aliphatic heterocycles. The summed E-state index contributed by atoms with van der Waals surface area (Å²) in [5.41, 5.74) is 2.30. The van der Waals surface area contributed by atoms with Crippen LogP contribution in [-0.4, -0.2) is 40.0 Å². The van der Waals surface area contributed by atoms with Crippen LogP contribution in [0.3, 0.4) is 0 Å². The average Bonchev–Trinajstić information content (AvgIpc) is 2.71. The number of fused-ring (bicyclic) bond motifs is 1. The van der Waals surface area contributed by atoms with Crippen LogP contribution in [0.1, 0.15) is 26.0 Å². The predicted molar refractivity (Wildman–Crippen MR) is 91.3 cm³/mol. The number of nitrogens with one attached hydrogen (secondary N) is 1. The van der Waals surface area contributed by atoms with Crippen LogP contribution in [0, 0.1) is 0 Å². The van der Waals surface area contributed by atoms with Crippen LogP contribution in [0.15, 0.2) is 24.4 Å². The first-order valence-corrected chi connectivity index (χ1v) is 8.59. The average molecular weight is 304 g/mol. The second-order valence-corrected chi connectivity index (χ2v) is 7.99. The monoisotopic (exact) mass is 304 g/mol. The molecule has 2 aromatic rings. The molecular formula is C16H24N4S. The third kappa shape index (κ3) is 3.04. The Kier molecular flexibility index (Phi) is 4.13. The van der Waals surface area contributed by atoms with Crippen molar-refractivity contribution in [2.45, 2.75) is 31.6 Å². The van der Waals surface area contributed by atoms with Crippen molar-refractivity contribution < 1.29 is 0 Å². The van der Waals surface area contributed by atoms with E-state index in [2.05, 4.69) is 64.6 Å². The zero-order valence-electron chi connectivity index (χ0n) is 13.1. The standard InChI is InChI=1S/C16H24N4S/c1-16(2)7-9-19(10-11-21-16)15-13(12-17-3)20-8-5-4-6-14(20)18-15/h4-6,8,17H,7,9-12H2,1-3H3. The van der Waals surface area contributed by atoms with Crippen molar-refractivity contribution >= 4 is 23.2 Å². The molecule has 1 aliphatic rings. The summed E-state index contributed by atoms with van der Waals surface area (Å²) in [6.07, 6.45) is 3.31. The van der Waals surface area contributed by atoms with E-state index in [1.165, 1.54) is 17.9 Å². The van der Waals surface area contributed by atoms with Gasteiger partial charge < -0.3 is 14.6 Å². The normalized spacial score (nSPS) is 18.9. The molecular weight excluding hydrogens is 280 g/mol. The lowest BCUT2D eigenvalue weighted by Gasteiger charge is -2.23.